The lowest BCUT2D eigenvalue weighted by atomic mass is 9.67. The van der Waals surface area contributed by atoms with Gasteiger partial charge in [-0.15, -0.1) is 6.42 Å². The summed E-state index contributed by atoms with van der Waals surface area (Å²) < 4.78 is 28.9. The molecule has 0 unspecified atom stereocenters. The fraction of sp³-hybridized carbons (Fsp3) is 0.435. The number of Topliss-reactive ketones (excluding diaryl/α,β-unsaturated/α-hetero) is 1. The van der Waals surface area contributed by atoms with Crippen LogP contribution in [-0.2, 0) is 14.8 Å². The second kappa shape index (κ2) is 7.97. The van der Waals surface area contributed by atoms with Crippen molar-refractivity contribution in [3.05, 3.63) is 53.8 Å². The van der Waals surface area contributed by atoms with Crippen LogP contribution in [0.25, 0.3) is 0 Å². The van der Waals surface area contributed by atoms with Crippen molar-refractivity contribution in [2.24, 2.45) is 17.3 Å². The van der Waals surface area contributed by atoms with Crippen LogP contribution in [0.1, 0.15) is 44.6 Å². The topological polar surface area (TPSA) is 63.2 Å². The molecule has 1 saturated carbocycles. The second-order valence-electron chi connectivity index (χ2n) is 7.75. The molecule has 1 N–H and O–H groups in total. The predicted molar refractivity (Wildman–Crippen MR) is 111 cm³/mol. The molecule has 4 rings (SSSR count). The highest BCUT2D eigenvalue weighted by atomic mass is 32.2. The Labute approximate surface area is 168 Å². The summed E-state index contributed by atoms with van der Waals surface area (Å²) in [6.45, 7) is 3.95. The van der Waals surface area contributed by atoms with Crippen LogP contribution in [0.5, 0.6) is 0 Å². The quantitative estimate of drug-likeness (QED) is 0.580. The van der Waals surface area contributed by atoms with Crippen molar-refractivity contribution in [3.63, 3.8) is 0 Å². The highest BCUT2D eigenvalue weighted by Gasteiger charge is 2.48. The molecule has 0 aliphatic heterocycles. The van der Waals surface area contributed by atoms with Gasteiger partial charge in [0.25, 0.3) is 10.0 Å². The minimum Gasteiger partial charge on any atom is -0.299 e. The Kier molecular flexibility index (Phi) is 5.81. The molecular formula is C23H27NO3S. The normalized spacial score (nSPS) is 27.3. The van der Waals surface area contributed by atoms with Crippen LogP contribution < -0.4 is 4.72 Å². The fourth-order valence-electron chi connectivity index (χ4n) is 4.22. The first-order chi connectivity index (χ1) is 13.3. The van der Waals surface area contributed by atoms with Crippen LogP contribution in [0.15, 0.2) is 53.1 Å². The highest BCUT2D eigenvalue weighted by molar-refractivity contribution is 7.89. The maximum Gasteiger partial charge on any atom is 0.261 e. The number of sulfonamides is 1. The molecule has 0 radical (unpaired) electrons. The molecule has 28 heavy (non-hydrogen) atoms. The van der Waals surface area contributed by atoms with Gasteiger partial charge in [-0.3, -0.25) is 9.52 Å². The summed E-state index contributed by atoms with van der Waals surface area (Å²) in [6.07, 6.45) is 15.2. The minimum atomic E-state index is -3.79. The number of hydrogen-bond acceptors (Lipinski definition) is 3. The van der Waals surface area contributed by atoms with Gasteiger partial charge in [-0.25, -0.2) is 8.42 Å². The molecule has 0 amide bonds. The van der Waals surface area contributed by atoms with E-state index in [1.807, 2.05) is 26.0 Å². The zero-order valence-corrected chi connectivity index (χ0v) is 17.3. The number of terminal acetylenes is 1. The largest absolute Gasteiger partial charge is 0.299 e. The van der Waals surface area contributed by atoms with Gasteiger partial charge in [0.15, 0.2) is 0 Å². The smallest absolute Gasteiger partial charge is 0.261 e. The Morgan fingerprint density at radius 3 is 2.57 bits per heavy atom. The number of ketones is 1. The number of hydrogen-bond donors (Lipinski definition) is 1. The molecule has 4 nitrogen and oxygen atoms in total. The van der Waals surface area contributed by atoms with Gasteiger partial charge >= 0.3 is 0 Å². The van der Waals surface area contributed by atoms with Gasteiger partial charge in [-0.2, -0.15) is 0 Å². The van der Waals surface area contributed by atoms with Crippen molar-refractivity contribution in [3.8, 4) is 12.3 Å². The summed E-state index contributed by atoms with van der Waals surface area (Å²) in [5.41, 5.74) is 0.651. The minimum absolute atomic E-state index is 0.0581. The first-order valence-corrected chi connectivity index (χ1v) is 11.3. The number of aryl methyl sites for hydroxylation is 1. The maximum absolute atomic E-state index is 13.0. The van der Waals surface area contributed by atoms with Gasteiger partial charge < -0.3 is 0 Å². The number of carbonyl (C=O) groups is 1. The molecule has 148 valence electrons. The first-order valence-electron chi connectivity index (χ1n) is 9.79. The van der Waals surface area contributed by atoms with Crippen LogP contribution in [0, 0.1) is 36.5 Å². The van der Waals surface area contributed by atoms with Gasteiger partial charge in [-0.1, -0.05) is 48.8 Å². The standard InChI is InChI=1S/C23H27NO3S/c1-4-6-7-14-23(5-2)19-11-10-18(21(25)16-19)15-22(23)24-28(26,27)20-12-8-17(3)9-13-20/h2,6-9,12-13,15,18-19,24H,4,10-11,14,16H2,1,3H3/b7-6+/t18-,19-,23+/m1/s1. The summed E-state index contributed by atoms with van der Waals surface area (Å²) in [7, 11) is -3.79. The molecule has 1 aromatic rings. The maximum atomic E-state index is 13.0. The molecule has 3 aliphatic carbocycles. The summed E-state index contributed by atoms with van der Waals surface area (Å²) in [6, 6.07) is 6.70. The van der Waals surface area contributed by atoms with Crippen LogP contribution in [0.3, 0.4) is 0 Å². The van der Waals surface area contributed by atoms with Crippen molar-refractivity contribution in [1.29, 1.82) is 0 Å². The summed E-state index contributed by atoms with van der Waals surface area (Å²) in [5, 5.41) is 0. The fourth-order valence-corrected chi connectivity index (χ4v) is 5.37. The van der Waals surface area contributed by atoms with Crippen LogP contribution in [-0.4, -0.2) is 14.2 Å². The third-order valence-corrected chi connectivity index (χ3v) is 7.29. The van der Waals surface area contributed by atoms with E-state index < -0.39 is 15.4 Å². The molecule has 0 spiro atoms. The SMILES string of the molecule is C#C[C@@]1(C/C=C/CC)C(NS(=O)(=O)c2ccc(C)cc2)=C[C@H]2CC[C@@H]1CC2=O. The third-order valence-electron chi connectivity index (χ3n) is 5.91. The Bertz CT molecular complexity index is 951. The molecule has 0 aromatic heterocycles. The summed E-state index contributed by atoms with van der Waals surface area (Å²) in [5.74, 6) is 2.73. The van der Waals surface area contributed by atoms with Crippen molar-refractivity contribution in [2.75, 3.05) is 0 Å². The van der Waals surface area contributed by atoms with E-state index in [1.54, 1.807) is 30.3 Å². The Morgan fingerprint density at radius 1 is 1.25 bits per heavy atom. The van der Waals surface area contributed by atoms with Crippen molar-refractivity contribution in [2.45, 2.75) is 50.8 Å². The lowest BCUT2D eigenvalue weighted by Crippen LogP contribution is -2.39. The van der Waals surface area contributed by atoms with Gasteiger partial charge in [0.1, 0.15) is 5.78 Å². The lowest BCUT2D eigenvalue weighted by Gasteiger charge is -2.37. The van der Waals surface area contributed by atoms with Crippen LogP contribution >= 0.6 is 0 Å². The average molecular weight is 398 g/mol. The van der Waals surface area contributed by atoms with E-state index in [-0.39, 0.29) is 22.5 Å². The molecule has 5 heteroatoms. The van der Waals surface area contributed by atoms with Crippen LogP contribution in [0.2, 0.25) is 0 Å². The summed E-state index contributed by atoms with van der Waals surface area (Å²) in [4.78, 5) is 12.7. The van der Waals surface area contributed by atoms with E-state index >= 15 is 0 Å². The van der Waals surface area contributed by atoms with E-state index in [0.717, 1.165) is 24.8 Å². The summed E-state index contributed by atoms with van der Waals surface area (Å²) >= 11 is 0. The molecule has 2 bridgehead atoms. The van der Waals surface area contributed by atoms with Crippen LogP contribution in [0.4, 0.5) is 0 Å². The predicted octanol–water partition coefficient (Wildman–Crippen LogP) is 4.13. The first kappa shape index (κ1) is 20.4. The van der Waals surface area contributed by atoms with Gasteiger partial charge in [-0.05, 0) is 50.7 Å². The van der Waals surface area contributed by atoms with E-state index in [4.69, 9.17) is 6.42 Å². The number of carbonyl (C=O) groups excluding carboxylic acids is 1. The lowest BCUT2D eigenvalue weighted by molar-refractivity contribution is -0.124. The van der Waals surface area contributed by atoms with Gasteiger partial charge in [0.2, 0.25) is 0 Å². The number of fused-ring (bicyclic) bond motifs is 3. The highest BCUT2D eigenvalue weighted by Crippen LogP contribution is 2.50. The number of nitrogens with one attached hydrogen (secondary N) is 1. The molecule has 0 heterocycles. The van der Waals surface area contributed by atoms with E-state index in [9.17, 15) is 13.2 Å². The third kappa shape index (κ3) is 3.79. The number of benzene rings is 1. The molecule has 3 atom stereocenters. The van der Waals surface area contributed by atoms with Crippen molar-refractivity contribution >= 4 is 15.8 Å². The molecule has 3 aliphatic rings. The van der Waals surface area contributed by atoms with Gasteiger partial charge in [0.05, 0.1) is 10.3 Å². The number of rotatable bonds is 6. The molecular weight excluding hydrogens is 370 g/mol. The van der Waals surface area contributed by atoms with E-state index in [2.05, 4.69) is 10.6 Å². The Morgan fingerprint density at radius 2 is 1.96 bits per heavy atom. The molecule has 1 aromatic carbocycles. The van der Waals surface area contributed by atoms with Crippen molar-refractivity contribution in [1.82, 2.24) is 4.72 Å². The van der Waals surface area contributed by atoms with Crippen molar-refractivity contribution < 1.29 is 13.2 Å². The average Bonchev–Trinajstić information content (AvgIpc) is 2.86. The van der Waals surface area contributed by atoms with E-state index in [0.29, 0.717) is 18.5 Å². The second-order valence-corrected chi connectivity index (χ2v) is 9.43. The zero-order valence-electron chi connectivity index (χ0n) is 16.4. The van der Waals surface area contributed by atoms with Gasteiger partial charge in [0, 0.05) is 18.0 Å². The zero-order chi connectivity index (χ0) is 20.4. The number of allylic oxidation sites excluding steroid dienone is 4. The molecule has 1 fully saturated rings. The Balaban J connectivity index is 2.05. The monoisotopic (exact) mass is 397 g/mol. The molecule has 0 saturated heterocycles. The Hall–Kier alpha value is -2.32. The van der Waals surface area contributed by atoms with E-state index in [1.165, 1.54) is 0 Å².